The summed E-state index contributed by atoms with van der Waals surface area (Å²) in [5.41, 5.74) is 0. The molecular weight excluding hydrogens is 192 g/mol. The Bertz CT molecular complexity index is 13.1. The van der Waals surface area contributed by atoms with Crippen LogP contribution in [0.15, 0.2) is 0 Å². The van der Waals surface area contributed by atoms with E-state index in [4.69, 9.17) is 0 Å². The van der Waals surface area contributed by atoms with Gasteiger partial charge in [-0.3, -0.25) is 0 Å². The second-order valence-electron chi connectivity index (χ2n) is 2.31. The quantitative estimate of drug-likeness (QED) is 0.401. The van der Waals surface area contributed by atoms with Gasteiger partial charge in [-0.25, -0.2) is 0 Å². The van der Waals surface area contributed by atoms with E-state index in [9.17, 15) is 0 Å². The van der Waals surface area contributed by atoms with E-state index in [0.717, 1.165) is 0 Å². The Kier molecular flexibility index (Phi) is 176. The van der Waals surface area contributed by atoms with Crippen molar-refractivity contribution in [1.82, 2.24) is 0 Å². The predicted molar refractivity (Wildman–Crippen MR) is 62.6 cm³/mol. The van der Waals surface area contributed by atoms with E-state index in [0.29, 0.717) is 0 Å². The van der Waals surface area contributed by atoms with Crippen LogP contribution in [0.3, 0.4) is 0 Å². The molecule has 0 heterocycles. The van der Waals surface area contributed by atoms with Gasteiger partial charge in [0.2, 0.25) is 0 Å². The zero-order valence-corrected chi connectivity index (χ0v) is 12.4. The summed E-state index contributed by atoms with van der Waals surface area (Å²) in [6.45, 7) is 16.0. The summed E-state index contributed by atoms with van der Waals surface area (Å²) < 4.78 is 0. The number of hydrogen-bond acceptors (Lipinski definition) is 0. The van der Waals surface area contributed by atoms with Gasteiger partial charge in [-0.1, -0.05) is 0 Å². The Balaban J connectivity index is -0.0000000213. The Labute approximate surface area is 103 Å². The largest absolute Gasteiger partial charge is 0.335 e. The van der Waals surface area contributed by atoms with Crippen LogP contribution in [0, 0.1) is 25.7 Å². The smallest absolute Gasteiger partial charge is 0 e. The molecule has 0 saturated carbocycles. The van der Waals surface area contributed by atoms with Gasteiger partial charge in [0, 0.05) is 21.7 Å². The molecule has 0 nitrogen and oxygen atoms in total. The van der Waals surface area contributed by atoms with Gasteiger partial charge in [0.15, 0.2) is 0 Å². The third-order valence-electron chi connectivity index (χ3n) is 0. The van der Waals surface area contributed by atoms with Crippen molar-refractivity contribution in [3.63, 3.8) is 0 Å². The fourth-order valence-electron chi connectivity index (χ4n) is 0. The fourth-order valence-corrected chi connectivity index (χ4v) is 0. The molecule has 0 N–H and O–H groups in total. The van der Waals surface area contributed by atoms with E-state index in [-0.39, 0.29) is 21.7 Å². The normalized spacial score (nSPS) is 5.54. The van der Waals surface area contributed by atoms with Gasteiger partial charge < -0.3 is 25.7 Å². The van der Waals surface area contributed by atoms with Gasteiger partial charge in [-0.2, -0.15) is 55.4 Å². The monoisotopic (exact) mass is 220 g/mol. The van der Waals surface area contributed by atoms with Gasteiger partial charge >= 0.3 is 0 Å². The molecule has 0 aromatic rings. The number of rotatable bonds is 0. The van der Waals surface area contributed by atoms with Crippen LogP contribution < -0.4 is 0 Å². The maximum Gasteiger partial charge on any atom is 0 e. The minimum Gasteiger partial charge on any atom is -0.335 e. The molecule has 0 fully saturated rings. The molecule has 0 rings (SSSR count). The molecule has 0 radical (unpaired) electrons. The molecule has 0 aliphatic rings. The molecule has 0 atom stereocenters. The molecule has 1 heteroatoms. The summed E-state index contributed by atoms with van der Waals surface area (Å²) in [5.74, 6) is 0. The van der Waals surface area contributed by atoms with Crippen molar-refractivity contribution in [3.05, 3.63) is 25.7 Å². The topological polar surface area (TPSA) is 0 Å². The Hall–Kier alpha value is 0.714. The van der Waals surface area contributed by atoms with Crippen LogP contribution in [0.5, 0.6) is 0 Å². The van der Waals surface area contributed by atoms with Crippen LogP contribution in [0.2, 0.25) is 0 Å². The zero-order valence-electron chi connectivity index (χ0n) is 10.8. The van der Waals surface area contributed by atoms with E-state index in [2.05, 4.69) is 0 Å². The van der Waals surface area contributed by atoms with Gasteiger partial charge in [-0.05, 0) is 0 Å². The number of hydrogen-bond donors (Lipinski definition) is 0. The summed E-state index contributed by atoms with van der Waals surface area (Å²) in [7, 11) is 0. The van der Waals surface area contributed by atoms with Crippen molar-refractivity contribution >= 4 is 0 Å². The molecule has 0 saturated heterocycles. The first-order chi connectivity index (χ1) is 5.66. The third-order valence-corrected chi connectivity index (χ3v) is 0. The molecule has 0 unspecified atom stereocenters. The van der Waals surface area contributed by atoms with E-state index >= 15 is 0 Å². The Morgan fingerprint density at radius 1 is 0.385 bits per heavy atom. The molecular formula is C12H28Ti-4. The van der Waals surface area contributed by atoms with Gasteiger partial charge in [-0.15, -0.1) is 0 Å². The SMILES string of the molecule is C[CH-]C.C[CH-]C.C[CH-]C.C[CH-]C.[Ti]. The second kappa shape index (κ2) is 78.5. The van der Waals surface area contributed by atoms with Crippen molar-refractivity contribution in [1.29, 1.82) is 0 Å². The predicted octanol–water partition coefficient (Wildman–Crippen LogP) is 4.92. The average molecular weight is 220 g/mol. The summed E-state index contributed by atoms with van der Waals surface area (Å²) in [5, 5.41) is 0. The molecule has 84 valence electrons. The summed E-state index contributed by atoms with van der Waals surface area (Å²) in [4.78, 5) is 0. The molecule has 0 aromatic carbocycles. The maximum atomic E-state index is 2.00. The minimum atomic E-state index is 0. The van der Waals surface area contributed by atoms with Crippen LogP contribution in [0.25, 0.3) is 0 Å². The Morgan fingerprint density at radius 3 is 0.385 bits per heavy atom. The van der Waals surface area contributed by atoms with E-state index in [1.807, 2.05) is 81.1 Å². The van der Waals surface area contributed by atoms with E-state index in [1.54, 1.807) is 0 Å². The molecule has 0 amide bonds. The summed E-state index contributed by atoms with van der Waals surface area (Å²) in [6, 6.07) is 0. The van der Waals surface area contributed by atoms with Crippen molar-refractivity contribution < 1.29 is 21.7 Å². The van der Waals surface area contributed by atoms with Crippen molar-refractivity contribution in [2.75, 3.05) is 0 Å². The van der Waals surface area contributed by atoms with Crippen LogP contribution in [0.4, 0.5) is 0 Å². The summed E-state index contributed by atoms with van der Waals surface area (Å²) >= 11 is 0. The van der Waals surface area contributed by atoms with Crippen LogP contribution in [-0.4, -0.2) is 0 Å². The molecule has 13 heavy (non-hydrogen) atoms. The molecule has 0 aromatic heterocycles. The van der Waals surface area contributed by atoms with Crippen LogP contribution >= 0.6 is 0 Å². The van der Waals surface area contributed by atoms with E-state index in [1.165, 1.54) is 0 Å². The first kappa shape index (κ1) is 29.2. The molecule has 0 spiro atoms. The summed E-state index contributed by atoms with van der Waals surface area (Å²) in [6.07, 6.45) is 8.00. The molecule has 0 aliphatic carbocycles. The first-order valence-corrected chi connectivity index (χ1v) is 4.62. The van der Waals surface area contributed by atoms with Gasteiger partial charge in [0.25, 0.3) is 0 Å². The van der Waals surface area contributed by atoms with E-state index < -0.39 is 0 Å². The average Bonchev–Trinajstić information content (AvgIpc) is 1.92. The molecule has 0 aliphatic heterocycles. The van der Waals surface area contributed by atoms with Crippen LogP contribution in [0.1, 0.15) is 55.4 Å². The van der Waals surface area contributed by atoms with Crippen LogP contribution in [-0.2, 0) is 21.7 Å². The zero-order chi connectivity index (χ0) is 10.8. The maximum absolute atomic E-state index is 2.00. The van der Waals surface area contributed by atoms with Crippen molar-refractivity contribution in [3.8, 4) is 0 Å². The second-order valence-corrected chi connectivity index (χ2v) is 2.31. The first-order valence-electron chi connectivity index (χ1n) is 4.62. The van der Waals surface area contributed by atoms with Gasteiger partial charge in [0.05, 0.1) is 0 Å². The molecule has 0 bridgehead atoms. The standard InChI is InChI=1S/4C3H7.Ti/c4*1-3-2;/h4*3H,1-2H3;/q4*-1;. The minimum absolute atomic E-state index is 0. The third kappa shape index (κ3) is 2860. The van der Waals surface area contributed by atoms with Crippen molar-refractivity contribution in [2.24, 2.45) is 0 Å². The fraction of sp³-hybridized carbons (Fsp3) is 0.667. The van der Waals surface area contributed by atoms with Gasteiger partial charge in [0.1, 0.15) is 0 Å². The Morgan fingerprint density at radius 2 is 0.385 bits per heavy atom. The van der Waals surface area contributed by atoms with Crippen molar-refractivity contribution in [2.45, 2.75) is 55.4 Å².